The summed E-state index contributed by atoms with van der Waals surface area (Å²) in [5.41, 5.74) is 4.44. The molecule has 1 N–H and O–H groups in total. The number of benzene rings is 1. The fourth-order valence-electron chi connectivity index (χ4n) is 3.84. The Morgan fingerprint density at radius 3 is 2.63 bits per heavy atom. The normalized spacial score (nSPS) is 16.1. The van der Waals surface area contributed by atoms with Crippen LogP contribution in [0.3, 0.4) is 0 Å². The van der Waals surface area contributed by atoms with Crippen LogP contribution in [0.25, 0.3) is 11.8 Å². The molecule has 182 valence electrons. The molecular weight excluding hydrogens is 463 g/mol. The maximum Gasteiger partial charge on any atom is 0.262 e. The van der Waals surface area contributed by atoms with Gasteiger partial charge in [-0.25, -0.2) is 23.1 Å². The van der Waals surface area contributed by atoms with Gasteiger partial charge in [0, 0.05) is 18.8 Å². The lowest BCUT2D eigenvalue weighted by atomic mass is 9.90. The number of rotatable bonds is 6. The van der Waals surface area contributed by atoms with Gasteiger partial charge in [-0.15, -0.1) is 0 Å². The van der Waals surface area contributed by atoms with Gasteiger partial charge >= 0.3 is 0 Å². The lowest BCUT2D eigenvalue weighted by Crippen LogP contribution is -2.50. The second-order valence-electron chi connectivity index (χ2n) is 7.98. The molecule has 0 saturated carbocycles. The average Bonchev–Trinajstić information content (AvgIpc) is 3.28. The van der Waals surface area contributed by atoms with Crippen molar-refractivity contribution >= 4 is 17.9 Å². The van der Waals surface area contributed by atoms with E-state index in [1.165, 1.54) is 19.3 Å². The molecule has 1 aliphatic heterocycles. The minimum Gasteiger partial charge on any atom is -0.479 e. The van der Waals surface area contributed by atoms with Crippen molar-refractivity contribution in [2.75, 3.05) is 13.7 Å². The van der Waals surface area contributed by atoms with Crippen LogP contribution in [0.1, 0.15) is 35.7 Å². The van der Waals surface area contributed by atoms with Crippen molar-refractivity contribution in [3.8, 4) is 11.6 Å². The lowest BCUT2D eigenvalue weighted by Gasteiger charge is -2.32. The number of methoxy groups -OCH3 is 1. The third-order valence-corrected chi connectivity index (χ3v) is 5.54. The molecule has 1 aliphatic rings. The monoisotopic (exact) mass is 485 g/mol. The number of amides is 2. The summed E-state index contributed by atoms with van der Waals surface area (Å²) in [5.74, 6) is -6.02. The van der Waals surface area contributed by atoms with E-state index in [4.69, 9.17) is 4.74 Å². The summed E-state index contributed by atoms with van der Waals surface area (Å²) in [6.45, 7) is 2.09. The number of nitrogens with zero attached hydrogens (tertiary/aromatic N) is 4. The van der Waals surface area contributed by atoms with Gasteiger partial charge in [-0.05, 0) is 55.7 Å². The summed E-state index contributed by atoms with van der Waals surface area (Å²) < 4.78 is 47.6. The van der Waals surface area contributed by atoms with Gasteiger partial charge in [0.05, 0.1) is 30.7 Å². The van der Waals surface area contributed by atoms with Crippen molar-refractivity contribution in [2.45, 2.75) is 25.7 Å². The highest BCUT2D eigenvalue weighted by Crippen LogP contribution is 2.29. The second kappa shape index (κ2) is 10.00. The number of imidazole rings is 1. The van der Waals surface area contributed by atoms with Crippen LogP contribution in [0.2, 0.25) is 0 Å². The molecule has 2 amide bonds. The Kier molecular flexibility index (Phi) is 6.85. The minimum atomic E-state index is -1.59. The van der Waals surface area contributed by atoms with E-state index < -0.39 is 35.2 Å². The number of ether oxygens (including phenoxy) is 1. The number of nitrogens with one attached hydrogen (secondary N) is 1. The number of hydrogen-bond acceptors (Lipinski definition) is 5. The van der Waals surface area contributed by atoms with Gasteiger partial charge in [-0.1, -0.05) is 0 Å². The van der Waals surface area contributed by atoms with Crippen LogP contribution in [0.4, 0.5) is 13.2 Å². The largest absolute Gasteiger partial charge is 0.479 e. The van der Waals surface area contributed by atoms with Crippen molar-refractivity contribution in [3.05, 3.63) is 77.3 Å². The van der Waals surface area contributed by atoms with E-state index in [-0.39, 0.29) is 12.1 Å². The van der Waals surface area contributed by atoms with Gasteiger partial charge in [0.15, 0.2) is 17.5 Å². The number of hydrazine groups is 1. The molecule has 11 heteroatoms. The zero-order valence-electron chi connectivity index (χ0n) is 19.0. The first-order valence-electron chi connectivity index (χ1n) is 10.8. The number of aromatic nitrogens is 3. The Morgan fingerprint density at radius 2 is 1.97 bits per heavy atom. The third kappa shape index (κ3) is 5.18. The standard InChI is InChI=1S/C24H22F3N5O3/c1-14-12-31(13-28-14)20-7-5-16(29-23(20)35-2)6-8-21(33)30-32-9-3-4-17(24(32)34)15-10-18(25)22(27)19(26)11-15/h5-8,10-13,17H,3-4,9H2,1-2H3,(H,30,33)/b8-6+. The molecule has 1 aromatic carbocycles. The first-order valence-corrected chi connectivity index (χ1v) is 10.8. The first-order chi connectivity index (χ1) is 16.8. The number of aryl methyl sites for hydroxylation is 1. The van der Waals surface area contributed by atoms with Gasteiger partial charge in [0.25, 0.3) is 5.91 Å². The van der Waals surface area contributed by atoms with Gasteiger partial charge < -0.3 is 9.30 Å². The van der Waals surface area contributed by atoms with Gasteiger partial charge in [0.2, 0.25) is 11.8 Å². The zero-order valence-corrected chi connectivity index (χ0v) is 19.0. The number of pyridine rings is 1. The van der Waals surface area contributed by atoms with Crippen molar-refractivity contribution < 1.29 is 27.5 Å². The van der Waals surface area contributed by atoms with E-state index in [0.717, 1.165) is 22.8 Å². The Morgan fingerprint density at radius 1 is 1.23 bits per heavy atom. The quantitative estimate of drug-likeness (QED) is 0.427. The number of halogens is 3. The van der Waals surface area contributed by atoms with E-state index in [1.54, 1.807) is 23.0 Å². The molecule has 8 nitrogen and oxygen atoms in total. The zero-order chi connectivity index (χ0) is 25.1. The lowest BCUT2D eigenvalue weighted by molar-refractivity contribution is -0.143. The van der Waals surface area contributed by atoms with E-state index in [2.05, 4.69) is 15.4 Å². The highest BCUT2D eigenvalue weighted by atomic mass is 19.2. The molecule has 35 heavy (non-hydrogen) atoms. The molecular formula is C24H22F3N5O3. The maximum absolute atomic E-state index is 13.6. The van der Waals surface area contributed by atoms with Crippen LogP contribution >= 0.6 is 0 Å². The van der Waals surface area contributed by atoms with E-state index in [0.29, 0.717) is 30.1 Å². The Bertz CT molecular complexity index is 1280. The van der Waals surface area contributed by atoms with Crippen LogP contribution in [-0.4, -0.2) is 45.0 Å². The van der Waals surface area contributed by atoms with Crippen molar-refractivity contribution in [2.24, 2.45) is 0 Å². The number of carbonyl (C=O) groups excluding carboxylic acids is 2. The number of carbonyl (C=O) groups is 2. The van der Waals surface area contributed by atoms with Gasteiger partial charge in [-0.3, -0.25) is 20.0 Å². The molecule has 1 saturated heterocycles. The van der Waals surface area contributed by atoms with Crippen molar-refractivity contribution in [1.29, 1.82) is 0 Å². The van der Waals surface area contributed by atoms with Crippen LogP contribution in [0, 0.1) is 24.4 Å². The Hall–Kier alpha value is -4.15. The van der Waals surface area contributed by atoms with Gasteiger partial charge in [0.1, 0.15) is 5.69 Å². The van der Waals surface area contributed by atoms with Crippen molar-refractivity contribution in [1.82, 2.24) is 25.0 Å². The van der Waals surface area contributed by atoms with E-state index in [9.17, 15) is 22.8 Å². The predicted octanol–water partition coefficient (Wildman–Crippen LogP) is 3.45. The molecule has 0 spiro atoms. The van der Waals surface area contributed by atoms with E-state index in [1.807, 2.05) is 13.1 Å². The molecule has 3 aromatic rings. The predicted molar refractivity (Wildman–Crippen MR) is 120 cm³/mol. The summed E-state index contributed by atoms with van der Waals surface area (Å²) >= 11 is 0. The molecule has 1 unspecified atom stereocenters. The second-order valence-corrected chi connectivity index (χ2v) is 7.98. The highest BCUT2D eigenvalue weighted by molar-refractivity contribution is 5.94. The fraction of sp³-hybridized carbons (Fsp3) is 0.250. The van der Waals surface area contributed by atoms with Crippen LogP contribution in [0.15, 0.2) is 42.9 Å². The summed E-state index contributed by atoms with van der Waals surface area (Å²) in [6, 6.07) is 5.07. The SMILES string of the molecule is COc1nc(/C=C/C(=O)NN2CCCC(c3cc(F)c(F)c(F)c3)C2=O)ccc1-n1cnc(C)c1. The summed E-state index contributed by atoms with van der Waals surface area (Å²) in [7, 11) is 1.48. The smallest absolute Gasteiger partial charge is 0.262 e. The average molecular weight is 485 g/mol. The minimum absolute atomic E-state index is 0.0189. The molecule has 1 atom stereocenters. The van der Waals surface area contributed by atoms with Crippen LogP contribution < -0.4 is 10.2 Å². The summed E-state index contributed by atoms with van der Waals surface area (Å²) in [4.78, 5) is 33.8. The Labute approximate surface area is 199 Å². The molecule has 0 bridgehead atoms. The number of hydrogen-bond donors (Lipinski definition) is 1. The molecule has 0 radical (unpaired) electrons. The molecule has 4 rings (SSSR count). The first kappa shape index (κ1) is 24.0. The Balaban J connectivity index is 1.44. The molecule has 2 aromatic heterocycles. The summed E-state index contributed by atoms with van der Waals surface area (Å²) in [5, 5.41) is 1.10. The third-order valence-electron chi connectivity index (χ3n) is 5.54. The maximum atomic E-state index is 13.6. The summed E-state index contributed by atoms with van der Waals surface area (Å²) in [6.07, 6.45) is 6.91. The highest BCUT2D eigenvalue weighted by Gasteiger charge is 2.32. The van der Waals surface area contributed by atoms with Crippen molar-refractivity contribution in [3.63, 3.8) is 0 Å². The molecule has 1 fully saturated rings. The van der Waals surface area contributed by atoms with E-state index >= 15 is 0 Å². The molecule has 3 heterocycles. The fourth-order valence-corrected chi connectivity index (χ4v) is 3.84. The topological polar surface area (TPSA) is 89.4 Å². The van der Waals surface area contributed by atoms with Crippen LogP contribution in [-0.2, 0) is 9.59 Å². The molecule has 0 aliphatic carbocycles. The van der Waals surface area contributed by atoms with Gasteiger partial charge in [-0.2, -0.15) is 0 Å². The number of piperidine rings is 1. The van der Waals surface area contributed by atoms with Crippen LogP contribution in [0.5, 0.6) is 5.88 Å².